The van der Waals surface area contributed by atoms with Gasteiger partial charge in [0.1, 0.15) is 5.75 Å². The highest BCUT2D eigenvalue weighted by molar-refractivity contribution is 6.22. The molecule has 9 rings (SSSR count). The number of aryl methyl sites for hydroxylation is 1. The van der Waals surface area contributed by atoms with Gasteiger partial charge in [0.05, 0.1) is 45.9 Å². The lowest BCUT2D eigenvalue weighted by Gasteiger charge is -2.50. The smallest absolute Gasteiger partial charge is 0.260 e. The topological polar surface area (TPSA) is 135 Å². The average molecular weight is 811 g/mol. The molecule has 4 amide bonds. The zero-order valence-corrected chi connectivity index (χ0v) is 34.2. The lowest BCUT2D eigenvalue weighted by atomic mass is 9.49. The van der Waals surface area contributed by atoms with Crippen molar-refractivity contribution in [2.75, 3.05) is 29.3 Å². The third-order valence-electron chi connectivity index (χ3n) is 13.0. The average Bonchev–Trinajstić information content (AvgIpc) is 3.65. The van der Waals surface area contributed by atoms with Crippen LogP contribution in [-0.4, -0.2) is 47.8 Å². The van der Waals surface area contributed by atoms with Crippen LogP contribution >= 0.6 is 0 Å². The number of nitrogens with one attached hydrogen (secondary N) is 1. The van der Waals surface area contributed by atoms with E-state index in [1.807, 2.05) is 129 Å². The standard InChI is InChI=1S/C50H46N6O5/c1-5-10-31-11-9-14-40(45(31)57)44-38-27-28-39-43(48(60)55(46(39)58)37-25-21-34(22-26-37)52-51-33-19-23-36(24-20-33)54(3)4)41(38)29-42-47(59)56(53-35-17-15-30(2)16-18-35)49(61)50(42,44)32-12-7-6-8-13-32/h5-9,11-27,39,41-44,53,57H,1,10,28-29H2,2-4H3/t39-,41+,42-,43-,44+,50+/m0/s1. The van der Waals surface area contributed by atoms with E-state index in [1.54, 1.807) is 30.3 Å². The van der Waals surface area contributed by atoms with E-state index in [0.717, 1.165) is 21.8 Å². The first-order valence-electron chi connectivity index (χ1n) is 20.6. The van der Waals surface area contributed by atoms with E-state index in [1.165, 1.54) is 4.90 Å². The molecule has 0 bridgehead atoms. The summed E-state index contributed by atoms with van der Waals surface area (Å²) < 4.78 is 0. The van der Waals surface area contributed by atoms with Gasteiger partial charge in [0.25, 0.3) is 11.8 Å². The molecule has 0 radical (unpaired) electrons. The SMILES string of the molecule is C=CCc1cccc([C@H]2C3=CC[C@@H]4C(=O)N(c5ccc(N=Nc6ccc(N(C)C)cc6)cc5)C(=O)[C@@H]4[C@@H]3C[C@H]3C(=O)N(Nc4ccc(C)cc4)C(=O)[C@@]23c2ccccc2)c1O. The van der Waals surface area contributed by atoms with E-state index in [2.05, 4.69) is 22.2 Å². The van der Waals surface area contributed by atoms with Gasteiger partial charge in [-0.05, 0) is 104 Å². The number of amides is 4. The predicted octanol–water partition coefficient (Wildman–Crippen LogP) is 9.10. The van der Waals surface area contributed by atoms with Gasteiger partial charge < -0.3 is 10.0 Å². The van der Waals surface area contributed by atoms with Crippen LogP contribution in [0, 0.1) is 30.6 Å². The second-order valence-corrected chi connectivity index (χ2v) is 16.6. The van der Waals surface area contributed by atoms with Crippen LogP contribution < -0.4 is 15.2 Å². The van der Waals surface area contributed by atoms with Crippen LogP contribution in [0.2, 0.25) is 0 Å². The van der Waals surface area contributed by atoms with E-state index in [9.17, 15) is 14.7 Å². The van der Waals surface area contributed by atoms with Gasteiger partial charge in [0, 0.05) is 31.3 Å². The van der Waals surface area contributed by atoms with Gasteiger partial charge >= 0.3 is 0 Å². The van der Waals surface area contributed by atoms with Crippen molar-refractivity contribution in [1.29, 1.82) is 0 Å². The van der Waals surface area contributed by atoms with Gasteiger partial charge in [-0.25, -0.2) is 0 Å². The highest BCUT2D eigenvalue weighted by Crippen LogP contribution is 2.65. The molecular formula is C50H46N6O5. The van der Waals surface area contributed by atoms with Crippen molar-refractivity contribution in [2.24, 2.45) is 33.9 Å². The molecule has 4 aliphatic rings. The molecule has 3 fully saturated rings. The zero-order chi connectivity index (χ0) is 42.6. The van der Waals surface area contributed by atoms with Crippen molar-refractivity contribution in [3.8, 4) is 5.75 Å². The maximum Gasteiger partial charge on any atom is 0.260 e. The minimum absolute atomic E-state index is 0.00795. The number of imide groups is 2. The molecule has 2 N–H and O–H groups in total. The monoisotopic (exact) mass is 810 g/mol. The van der Waals surface area contributed by atoms with E-state index in [-0.39, 0.29) is 30.4 Å². The number of anilines is 3. The number of hydrazine groups is 1. The zero-order valence-electron chi connectivity index (χ0n) is 34.2. The number of benzene rings is 5. The predicted molar refractivity (Wildman–Crippen MR) is 235 cm³/mol. The first-order valence-corrected chi connectivity index (χ1v) is 20.6. The van der Waals surface area contributed by atoms with Crippen molar-refractivity contribution >= 4 is 52.1 Å². The number of azo groups is 1. The molecule has 11 heteroatoms. The Balaban J connectivity index is 1.12. The highest BCUT2D eigenvalue weighted by Gasteiger charge is 2.70. The van der Waals surface area contributed by atoms with Gasteiger partial charge in [-0.15, -0.1) is 6.58 Å². The third-order valence-corrected chi connectivity index (χ3v) is 13.0. The summed E-state index contributed by atoms with van der Waals surface area (Å²) in [6, 6.07) is 36.7. The molecule has 2 saturated heterocycles. The van der Waals surface area contributed by atoms with E-state index >= 15 is 9.59 Å². The van der Waals surface area contributed by atoms with Gasteiger partial charge in [-0.1, -0.05) is 84.0 Å². The van der Waals surface area contributed by atoms with Gasteiger partial charge in [0.15, 0.2) is 0 Å². The fraction of sp³-hybridized carbons (Fsp3) is 0.240. The van der Waals surface area contributed by atoms with Crippen molar-refractivity contribution in [1.82, 2.24) is 5.01 Å². The van der Waals surface area contributed by atoms with E-state index < -0.39 is 46.8 Å². The Morgan fingerprint density at radius 3 is 2.13 bits per heavy atom. The van der Waals surface area contributed by atoms with Crippen LogP contribution in [0.1, 0.15) is 41.0 Å². The summed E-state index contributed by atoms with van der Waals surface area (Å²) in [5, 5.41) is 22.0. The van der Waals surface area contributed by atoms with Crippen molar-refractivity contribution in [3.05, 3.63) is 168 Å². The molecule has 2 aliphatic heterocycles. The Kier molecular flexibility index (Phi) is 9.97. The molecule has 2 heterocycles. The number of allylic oxidation sites excluding steroid dienone is 3. The molecule has 0 spiro atoms. The Labute approximate surface area is 354 Å². The molecule has 5 aromatic rings. The summed E-state index contributed by atoms with van der Waals surface area (Å²) in [4.78, 5) is 63.0. The summed E-state index contributed by atoms with van der Waals surface area (Å²) in [6.45, 7) is 5.85. The number of rotatable bonds is 10. The highest BCUT2D eigenvalue weighted by atomic mass is 16.3. The Hall–Kier alpha value is -7.14. The molecule has 1 saturated carbocycles. The number of nitrogens with zero attached hydrogens (tertiary/aromatic N) is 5. The van der Waals surface area contributed by atoms with Gasteiger partial charge in [-0.3, -0.25) is 29.5 Å². The summed E-state index contributed by atoms with van der Waals surface area (Å²) >= 11 is 0. The molecule has 11 nitrogen and oxygen atoms in total. The lowest BCUT2D eigenvalue weighted by Crippen LogP contribution is -2.53. The molecular weight excluding hydrogens is 765 g/mol. The Bertz CT molecular complexity index is 2620. The van der Waals surface area contributed by atoms with Gasteiger partial charge in [0.2, 0.25) is 11.8 Å². The van der Waals surface area contributed by atoms with Crippen molar-refractivity contribution in [2.45, 2.75) is 37.5 Å². The fourth-order valence-electron chi connectivity index (χ4n) is 10.1. The number of hydrogen-bond acceptors (Lipinski definition) is 9. The van der Waals surface area contributed by atoms with Crippen LogP contribution in [0.25, 0.3) is 0 Å². The number of phenolic OH excluding ortho intramolecular Hbond substituents is 1. The quantitative estimate of drug-likeness (QED) is 0.0817. The number of carbonyl (C=O) groups is 4. The van der Waals surface area contributed by atoms with Crippen LogP contribution in [0.3, 0.4) is 0 Å². The fourth-order valence-corrected chi connectivity index (χ4v) is 10.1. The molecule has 5 aromatic carbocycles. The molecule has 6 atom stereocenters. The number of hydrogen-bond donors (Lipinski definition) is 2. The number of para-hydroxylation sites is 1. The summed E-state index contributed by atoms with van der Waals surface area (Å²) in [5.41, 5.74) is 8.42. The second-order valence-electron chi connectivity index (χ2n) is 16.6. The second kappa shape index (κ2) is 15.5. The number of carbonyl (C=O) groups excluding carboxylic acids is 4. The molecule has 2 aliphatic carbocycles. The lowest BCUT2D eigenvalue weighted by molar-refractivity contribution is -0.138. The first kappa shape index (κ1) is 39.3. The van der Waals surface area contributed by atoms with E-state index in [4.69, 9.17) is 0 Å². The first-order chi connectivity index (χ1) is 29.5. The van der Waals surface area contributed by atoms with Crippen molar-refractivity contribution < 1.29 is 24.3 Å². The normalized spacial score (nSPS) is 24.4. The molecule has 61 heavy (non-hydrogen) atoms. The largest absolute Gasteiger partial charge is 0.507 e. The molecule has 306 valence electrons. The molecule has 0 unspecified atom stereocenters. The van der Waals surface area contributed by atoms with Crippen LogP contribution in [-0.2, 0) is 31.0 Å². The van der Waals surface area contributed by atoms with Gasteiger partial charge in [-0.2, -0.15) is 15.2 Å². The van der Waals surface area contributed by atoms with Crippen molar-refractivity contribution in [3.63, 3.8) is 0 Å². The van der Waals surface area contributed by atoms with Crippen LogP contribution in [0.15, 0.2) is 156 Å². The number of phenols is 1. The minimum atomic E-state index is -1.50. The van der Waals surface area contributed by atoms with Crippen LogP contribution in [0.5, 0.6) is 5.75 Å². The minimum Gasteiger partial charge on any atom is -0.507 e. The maximum atomic E-state index is 15.5. The summed E-state index contributed by atoms with van der Waals surface area (Å²) in [7, 11) is 3.93. The Morgan fingerprint density at radius 1 is 0.803 bits per heavy atom. The van der Waals surface area contributed by atoms with E-state index in [0.29, 0.717) is 45.9 Å². The Morgan fingerprint density at radius 2 is 1.48 bits per heavy atom. The molecule has 0 aromatic heterocycles. The maximum absolute atomic E-state index is 15.5. The summed E-state index contributed by atoms with van der Waals surface area (Å²) in [6.07, 6.45) is 4.47. The number of aromatic hydroxyl groups is 1. The third kappa shape index (κ3) is 6.43. The summed E-state index contributed by atoms with van der Waals surface area (Å²) in [5.74, 6) is -5.42. The van der Waals surface area contributed by atoms with Crippen LogP contribution in [0.4, 0.5) is 28.4 Å². The number of fused-ring (bicyclic) bond motifs is 4.